The van der Waals surface area contributed by atoms with Gasteiger partial charge in [-0.15, -0.1) is 6.58 Å². The van der Waals surface area contributed by atoms with Gasteiger partial charge >= 0.3 is 5.97 Å². The minimum Gasteiger partial charge on any atom is -0.480 e. The summed E-state index contributed by atoms with van der Waals surface area (Å²) in [6, 6.07) is -0.979. The standard InChI is InChI=1S/C10H17NO4/c1-7(2)4-5-15-6-9(10(13)14)11-8(3)12/h9H,1,4-6H2,2-3H3,(H,11,12)(H,13,14). The van der Waals surface area contributed by atoms with Gasteiger partial charge in [-0.25, -0.2) is 4.79 Å². The topological polar surface area (TPSA) is 75.6 Å². The van der Waals surface area contributed by atoms with E-state index >= 15 is 0 Å². The Kier molecular flexibility index (Phi) is 6.37. The van der Waals surface area contributed by atoms with Crippen LogP contribution in [0.15, 0.2) is 12.2 Å². The molecule has 0 rings (SSSR count). The number of hydrogen-bond acceptors (Lipinski definition) is 3. The van der Waals surface area contributed by atoms with E-state index in [1.54, 1.807) is 0 Å². The van der Waals surface area contributed by atoms with Gasteiger partial charge in [0.25, 0.3) is 0 Å². The molecule has 0 radical (unpaired) electrons. The SMILES string of the molecule is C=C(C)CCOCC(NC(C)=O)C(=O)O. The first-order valence-corrected chi connectivity index (χ1v) is 4.65. The van der Waals surface area contributed by atoms with Crippen molar-refractivity contribution in [1.29, 1.82) is 0 Å². The van der Waals surface area contributed by atoms with Crippen molar-refractivity contribution in [1.82, 2.24) is 5.32 Å². The van der Waals surface area contributed by atoms with Crippen LogP contribution in [0.2, 0.25) is 0 Å². The van der Waals surface area contributed by atoms with E-state index in [1.807, 2.05) is 6.92 Å². The molecule has 0 spiro atoms. The predicted molar refractivity (Wildman–Crippen MR) is 55.5 cm³/mol. The van der Waals surface area contributed by atoms with Gasteiger partial charge in [0.05, 0.1) is 13.2 Å². The summed E-state index contributed by atoms with van der Waals surface area (Å²) in [6.07, 6.45) is 0.687. The normalized spacial score (nSPS) is 11.9. The van der Waals surface area contributed by atoms with Gasteiger partial charge in [0.1, 0.15) is 0 Å². The van der Waals surface area contributed by atoms with Crippen LogP contribution in [0.25, 0.3) is 0 Å². The van der Waals surface area contributed by atoms with E-state index in [4.69, 9.17) is 9.84 Å². The number of carbonyl (C=O) groups is 2. The van der Waals surface area contributed by atoms with Crippen LogP contribution in [0.3, 0.4) is 0 Å². The number of rotatable bonds is 7. The van der Waals surface area contributed by atoms with E-state index in [0.29, 0.717) is 13.0 Å². The minimum atomic E-state index is -1.10. The molecule has 2 N–H and O–H groups in total. The Bertz CT molecular complexity index is 250. The molecular weight excluding hydrogens is 198 g/mol. The van der Waals surface area contributed by atoms with Crippen molar-refractivity contribution in [2.24, 2.45) is 0 Å². The number of carboxylic acids is 1. The molecule has 0 saturated heterocycles. The Labute approximate surface area is 89.1 Å². The molecule has 0 aromatic carbocycles. The average Bonchev–Trinajstić information content (AvgIpc) is 2.08. The summed E-state index contributed by atoms with van der Waals surface area (Å²) in [5, 5.41) is 11.0. The molecule has 0 bridgehead atoms. The largest absolute Gasteiger partial charge is 0.480 e. The maximum Gasteiger partial charge on any atom is 0.328 e. The van der Waals surface area contributed by atoms with E-state index in [9.17, 15) is 9.59 Å². The Morgan fingerprint density at radius 3 is 2.47 bits per heavy atom. The molecule has 0 aliphatic heterocycles. The van der Waals surface area contributed by atoms with Crippen molar-refractivity contribution in [2.45, 2.75) is 26.3 Å². The van der Waals surface area contributed by atoms with Gasteiger partial charge in [0.2, 0.25) is 5.91 Å². The fourth-order valence-electron chi connectivity index (χ4n) is 0.868. The van der Waals surface area contributed by atoms with Crippen LogP contribution >= 0.6 is 0 Å². The van der Waals surface area contributed by atoms with Crippen LogP contribution in [-0.2, 0) is 14.3 Å². The Balaban J connectivity index is 3.81. The van der Waals surface area contributed by atoms with Crippen molar-refractivity contribution in [3.8, 4) is 0 Å². The lowest BCUT2D eigenvalue weighted by Gasteiger charge is -2.13. The third kappa shape index (κ3) is 7.69. The summed E-state index contributed by atoms with van der Waals surface area (Å²) in [4.78, 5) is 21.3. The highest BCUT2D eigenvalue weighted by Gasteiger charge is 2.17. The zero-order valence-electron chi connectivity index (χ0n) is 9.08. The number of ether oxygens (including phenoxy) is 1. The van der Waals surface area contributed by atoms with Crippen LogP contribution in [-0.4, -0.2) is 36.2 Å². The molecule has 0 saturated carbocycles. The Morgan fingerprint density at radius 1 is 1.47 bits per heavy atom. The predicted octanol–water partition coefficient (Wildman–Crippen LogP) is 0.559. The third-order valence-corrected chi connectivity index (χ3v) is 1.63. The number of amides is 1. The summed E-state index contributed by atoms with van der Waals surface area (Å²) in [7, 11) is 0. The monoisotopic (exact) mass is 215 g/mol. The van der Waals surface area contributed by atoms with Gasteiger partial charge < -0.3 is 15.2 Å². The van der Waals surface area contributed by atoms with E-state index in [2.05, 4.69) is 11.9 Å². The molecule has 1 atom stereocenters. The lowest BCUT2D eigenvalue weighted by Crippen LogP contribution is -2.43. The molecule has 1 amide bonds. The second kappa shape index (κ2) is 7.00. The fraction of sp³-hybridized carbons (Fsp3) is 0.600. The maximum atomic E-state index is 10.7. The van der Waals surface area contributed by atoms with Crippen LogP contribution < -0.4 is 5.32 Å². The molecule has 0 aromatic heterocycles. The van der Waals surface area contributed by atoms with Crippen molar-refractivity contribution < 1.29 is 19.4 Å². The average molecular weight is 215 g/mol. The molecular formula is C10H17NO4. The molecule has 0 heterocycles. The molecule has 0 fully saturated rings. The number of carboxylic acid groups (broad SMARTS) is 1. The van der Waals surface area contributed by atoms with Gasteiger partial charge in [0.15, 0.2) is 6.04 Å². The van der Waals surface area contributed by atoms with Crippen LogP contribution in [0.4, 0.5) is 0 Å². The van der Waals surface area contributed by atoms with Gasteiger partial charge in [-0.1, -0.05) is 5.57 Å². The summed E-state index contributed by atoms with van der Waals surface area (Å²) in [6.45, 7) is 7.21. The zero-order chi connectivity index (χ0) is 11.8. The summed E-state index contributed by atoms with van der Waals surface area (Å²) < 4.78 is 5.11. The zero-order valence-corrected chi connectivity index (χ0v) is 9.08. The number of nitrogens with one attached hydrogen (secondary N) is 1. The lowest BCUT2D eigenvalue weighted by molar-refractivity contribution is -0.143. The van der Waals surface area contributed by atoms with Crippen LogP contribution in [0, 0.1) is 0 Å². The first kappa shape index (κ1) is 13.6. The van der Waals surface area contributed by atoms with Gasteiger partial charge in [-0.05, 0) is 13.3 Å². The van der Waals surface area contributed by atoms with Gasteiger partial charge in [-0.2, -0.15) is 0 Å². The van der Waals surface area contributed by atoms with E-state index in [-0.39, 0.29) is 12.5 Å². The number of aliphatic carboxylic acids is 1. The molecule has 15 heavy (non-hydrogen) atoms. The van der Waals surface area contributed by atoms with Crippen molar-refractivity contribution in [3.05, 3.63) is 12.2 Å². The first-order valence-electron chi connectivity index (χ1n) is 4.65. The molecule has 0 aromatic rings. The molecule has 0 aliphatic carbocycles. The lowest BCUT2D eigenvalue weighted by atomic mass is 10.2. The number of hydrogen-bond donors (Lipinski definition) is 2. The Morgan fingerprint density at radius 2 is 2.07 bits per heavy atom. The molecule has 0 aliphatic rings. The van der Waals surface area contributed by atoms with Crippen molar-refractivity contribution in [3.63, 3.8) is 0 Å². The minimum absolute atomic E-state index is 0.0256. The summed E-state index contributed by atoms with van der Waals surface area (Å²) in [5.41, 5.74) is 0.974. The maximum absolute atomic E-state index is 10.7. The summed E-state index contributed by atoms with van der Waals surface area (Å²) in [5.74, 6) is -1.48. The second-order valence-corrected chi connectivity index (χ2v) is 3.37. The third-order valence-electron chi connectivity index (χ3n) is 1.63. The van der Waals surface area contributed by atoms with E-state index < -0.39 is 12.0 Å². The molecule has 5 heteroatoms. The highest BCUT2D eigenvalue weighted by Crippen LogP contribution is 1.96. The molecule has 1 unspecified atom stereocenters. The van der Waals surface area contributed by atoms with Crippen LogP contribution in [0.1, 0.15) is 20.3 Å². The molecule has 86 valence electrons. The quantitative estimate of drug-likeness (QED) is 0.480. The first-order chi connectivity index (χ1) is 6.93. The van der Waals surface area contributed by atoms with Gasteiger partial charge in [-0.3, -0.25) is 4.79 Å². The number of carbonyl (C=O) groups excluding carboxylic acids is 1. The van der Waals surface area contributed by atoms with E-state index in [1.165, 1.54) is 6.92 Å². The fourth-order valence-corrected chi connectivity index (χ4v) is 0.868. The highest BCUT2D eigenvalue weighted by atomic mass is 16.5. The molecule has 5 nitrogen and oxygen atoms in total. The second-order valence-electron chi connectivity index (χ2n) is 3.37. The smallest absolute Gasteiger partial charge is 0.328 e. The van der Waals surface area contributed by atoms with Crippen LogP contribution in [0.5, 0.6) is 0 Å². The van der Waals surface area contributed by atoms with Gasteiger partial charge in [0, 0.05) is 6.92 Å². The van der Waals surface area contributed by atoms with Crippen molar-refractivity contribution in [2.75, 3.05) is 13.2 Å². The highest BCUT2D eigenvalue weighted by molar-refractivity contribution is 5.82. The van der Waals surface area contributed by atoms with Crippen molar-refractivity contribution >= 4 is 11.9 Å². The summed E-state index contributed by atoms with van der Waals surface area (Å²) >= 11 is 0. The van der Waals surface area contributed by atoms with E-state index in [0.717, 1.165) is 5.57 Å². The Hall–Kier alpha value is -1.36.